The number of aryl methyl sites for hydroxylation is 1. The highest BCUT2D eigenvalue weighted by molar-refractivity contribution is 6.98. The number of nitrogens with zero attached hydrogens (tertiary/aromatic N) is 3. The maximum atomic E-state index is 6.13. The van der Waals surface area contributed by atoms with Gasteiger partial charge in [0.2, 0.25) is 5.88 Å². The van der Waals surface area contributed by atoms with Crippen molar-refractivity contribution in [2.45, 2.75) is 6.92 Å². The summed E-state index contributed by atoms with van der Waals surface area (Å²) in [5, 5.41) is 0. The van der Waals surface area contributed by atoms with Crippen molar-refractivity contribution in [3.8, 4) is 33.9 Å². The first-order valence-electron chi connectivity index (χ1n) is 12.1. The molecule has 1 aliphatic heterocycles. The summed E-state index contributed by atoms with van der Waals surface area (Å²) in [4.78, 5) is 11.2. The van der Waals surface area contributed by atoms with Crippen molar-refractivity contribution in [3.05, 3.63) is 109 Å². The van der Waals surface area contributed by atoms with Crippen LogP contribution in [0, 0.1) is 6.92 Å². The van der Waals surface area contributed by atoms with E-state index in [0.29, 0.717) is 5.88 Å². The molecule has 0 aliphatic carbocycles. The van der Waals surface area contributed by atoms with Crippen molar-refractivity contribution in [2.24, 2.45) is 0 Å². The van der Waals surface area contributed by atoms with Crippen LogP contribution in [0.3, 0.4) is 0 Å². The zero-order chi connectivity index (χ0) is 24.6. The van der Waals surface area contributed by atoms with Gasteiger partial charge in [0.05, 0.1) is 0 Å². The molecule has 174 valence electrons. The van der Waals surface area contributed by atoms with Crippen LogP contribution in [-0.2, 0) is 0 Å². The van der Waals surface area contributed by atoms with Crippen LogP contribution in [0.5, 0.6) is 11.6 Å². The molecule has 0 bridgehead atoms. The van der Waals surface area contributed by atoms with E-state index >= 15 is 0 Å². The first kappa shape index (κ1) is 22.1. The molecule has 0 amide bonds. The Kier molecular flexibility index (Phi) is 5.53. The number of pyridine rings is 2. The van der Waals surface area contributed by atoms with Gasteiger partial charge in [-0.15, -0.1) is 0 Å². The summed E-state index contributed by atoms with van der Waals surface area (Å²) in [7, 11) is 4.01. The van der Waals surface area contributed by atoms with Gasteiger partial charge < -0.3 is 9.64 Å². The minimum Gasteiger partial charge on any atom is -0.439 e. The number of benzene rings is 3. The number of aromatic nitrogens is 2. The number of rotatable bonds is 5. The predicted molar refractivity (Wildman–Crippen MR) is 150 cm³/mol. The minimum atomic E-state index is 0.119. The third-order valence-electron chi connectivity index (χ3n) is 6.78. The Morgan fingerprint density at radius 2 is 1.50 bits per heavy atom. The number of ether oxygens (including phenoxy) is 1. The summed E-state index contributed by atoms with van der Waals surface area (Å²) in [5.41, 5.74) is 10.8. The monoisotopic (exact) mass is 467 g/mol. The predicted octanol–water partition coefficient (Wildman–Crippen LogP) is 4.81. The summed E-state index contributed by atoms with van der Waals surface area (Å²) in [6, 6.07) is 31.8. The lowest BCUT2D eigenvalue weighted by Gasteiger charge is -2.14. The first-order chi connectivity index (χ1) is 17.6. The zero-order valence-electron chi connectivity index (χ0n) is 20.6. The van der Waals surface area contributed by atoms with Gasteiger partial charge in [0.1, 0.15) is 5.75 Å². The van der Waals surface area contributed by atoms with E-state index in [1.807, 2.05) is 49.5 Å². The molecule has 0 unspecified atom stereocenters. The molecular weight excluding hydrogens is 441 g/mol. The van der Waals surface area contributed by atoms with E-state index < -0.39 is 0 Å². The lowest BCUT2D eigenvalue weighted by Crippen LogP contribution is -2.50. The molecule has 0 atom stereocenters. The smallest absolute Gasteiger partial charge is 0.266 e. The van der Waals surface area contributed by atoms with Crippen molar-refractivity contribution >= 4 is 28.9 Å². The van der Waals surface area contributed by atoms with Crippen molar-refractivity contribution < 1.29 is 4.74 Å². The zero-order valence-corrected chi connectivity index (χ0v) is 20.6. The second-order valence-corrected chi connectivity index (χ2v) is 9.46. The average Bonchev–Trinajstić information content (AvgIpc) is 3.23. The van der Waals surface area contributed by atoms with E-state index in [1.54, 1.807) is 6.20 Å². The molecule has 6 rings (SSSR count). The lowest BCUT2D eigenvalue weighted by atomic mass is 9.40. The van der Waals surface area contributed by atoms with E-state index in [1.165, 1.54) is 27.6 Å². The summed E-state index contributed by atoms with van der Waals surface area (Å²) < 4.78 is 6.13. The summed E-state index contributed by atoms with van der Waals surface area (Å²) >= 11 is 0. The number of anilines is 1. The van der Waals surface area contributed by atoms with Gasteiger partial charge >= 0.3 is 0 Å². The van der Waals surface area contributed by atoms with Crippen LogP contribution in [0.15, 0.2) is 103 Å². The van der Waals surface area contributed by atoms with Gasteiger partial charge in [-0.3, -0.25) is 4.98 Å². The standard InChI is InChI=1S/C31H26BN3O/c1-21-13-15-33-30(17-21)32-28-10-5-4-9-26(28)27-12-11-23(19-29(27)32)22-7-6-8-25(18-22)36-31-20-24(35(2)3)14-16-34-31/h4-20H,1-3H3. The summed E-state index contributed by atoms with van der Waals surface area (Å²) in [5.74, 6) is 1.34. The molecule has 0 N–H and O–H groups in total. The fraction of sp³-hybridized carbons (Fsp3) is 0.0968. The second kappa shape index (κ2) is 9.01. The Balaban J connectivity index is 1.39. The van der Waals surface area contributed by atoms with Crippen molar-refractivity contribution in [1.82, 2.24) is 9.97 Å². The van der Waals surface area contributed by atoms with E-state index in [9.17, 15) is 0 Å². The van der Waals surface area contributed by atoms with E-state index in [-0.39, 0.29) is 6.71 Å². The molecule has 36 heavy (non-hydrogen) atoms. The quantitative estimate of drug-likeness (QED) is 0.341. The Morgan fingerprint density at radius 3 is 2.36 bits per heavy atom. The number of fused-ring (bicyclic) bond motifs is 3. The number of hydrogen-bond acceptors (Lipinski definition) is 4. The highest BCUT2D eigenvalue weighted by Gasteiger charge is 2.34. The van der Waals surface area contributed by atoms with Crippen LogP contribution in [0.25, 0.3) is 22.3 Å². The van der Waals surface area contributed by atoms with Gasteiger partial charge in [0.25, 0.3) is 6.71 Å². The van der Waals surface area contributed by atoms with E-state index in [4.69, 9.17) is 9.72 Å². The van der Waals surface area contributed by atoms with Gasteiger partial charge in [0.15, 0.2) is 0 Å². The van der Waals surface area contributed by atoms with Crippen molar-refractivity contribution in [1.29, 1.82) is 0 Å². The SMILES string of the molecule is Cc1ccnc(B2c3ccccc3-c3ccc(-c4cccc(Oc5cc(N(C)C)ccn5)c4)cc32)c1. The average molecular weight is 467 g/mol. The topological polar surface area (TPSA) is 38.2 Å². The van der Waals surface area contributed by atoms with Crippen LogP contribution in [-0.4, -0.2) is 30.8 Å². The summed E-state index contributed by atoms with van der Waals surface area (Å²) in [6.07, 6.45) is 3.68. The normalized spacial score (nSPS) is 11.7. The van der Waals surface area contributed by atoms with Crippen LogP contribution in [0.2, 0.25) is 0 Å². The number of hydrogen-bond donors (Lipinski definition) is 0. The Hall–Kier alpha value is -4.38. The first-order valence-corrected chi connectivity index (χ1v) is 12.1. The lowest BCUT2D eigenvalue weighted by molar-refractivity contribution is 0.463. The molecule has 3 heterocycles. The second-order valence-electron chi connectivity index (χ2n) is 9.46. The molecule has 0 saturated heterocycles. The Morgan fingerprint density at radius 1 is 0.694 bits per heavy atom. The van der Waals surface area contributed by atoms with Crippen LogP contribution in [0.1, 0.15) is 5.56 Å². The van der Waals surface area contributed by atoms with Gasteiger partial charge in [-0.1, -0.05) is 65.5 Å². The largest absolute Gasteiger partial charge is 0.439 e. The molecule has 0 radical (unpaired) electrons. The maximum absolute atomic E-state index is 6.13. The van der Waals surface area contributed by atoms with E-state index in [0.717, 1.165) is 28.2 Å². The summed E-state index contributed by atoms with van der Waals surface area (Å²) in [6.45, 7) is 2.24. The third kappa shape index (κ3) is 4.03. The molecular formula is C31H26BN3O. The fourth-order valence-electron chi connectivity index (χ4n) is 5.02. The molecule has 5 heteroatoms. The van der Waals surface area contributed by atoms with Gasteiger partial charge in [-0.2, -0.15) is 0 Å². The van der Waals surface area contributed by atoms with Crippen LogP contribution in [0.4, 0.5) is 5.69 Å². The van der Waals surface area contributed by atoms with Crippen LogP contribution < -0.4 is 26.2 Å². The maximum Gasteiger partial charge on any atom is 0.266 e. The highest BCUT2D eigenvalue weighted by Crippen LogP contribution is 2.30. The Bertz CT molecular complexity index is 1580. The Labute approximate surface area is 212 Å². The van der Waals surface area contributed by atoms with Crippen molar-refractivity contribution in [3.63, 3.8) is 0 Å². The molecule has 0 fully saturated rings. The molecule has 5 aromatic rings. The molecule has 0 spiro atoms. The molecule has 4 nitrogen and oxygen atoms in total. The van der Waals surface area contributed by atoms with Crippen LogP contribution >= 0.6 is 0 Å². The van der Waals surface area contributed by atoms with Crippen molar-refractivity contribution in [2.75, 3.05) is 19.0 Å². The van der Waals surface area contributed by atoms with E-state index in [2.05, 4.69) is 78.6 Å². The van der Waals surface area contributed by atoms with Gasteiger partial charge in [0, 0.05) is 43.8 Å². The highest BCUT2D eigenvalue weighted by atomic mass is 16.5. The molecule has 0 saturated carbocycles. The fourth-order valence-corrected chi connectivity index (χ4v) is 5.02. The minimum absolute atomic E-state index is 0.119. The molecule has 2 aromatic heterocycles. The van der Waals surface area contributed by atoms with Gasteiger partial charge in [-0.05, 0) is 65.1 Å². The molecule has 1 aliphatic rings. The molecule has 3 aromatic carbocycles. The van der Waals surface area contributed by atoms with Gasteiger partial charge in [-0.25, -0.2) is 4.98 Å². The third-order valence-corrected chi connectivity index (χ3v) is 6.78.